The minimum atomic E-state index is -1.05. The topological polar surface area (TPSA) is 102 Å². The molecule has 0 fully saturated rings. The molecule has 4 N–H and O–H groups in total. The first-order valence-electron chi connectivity index (χ1n) is 6.36. The average molecular weight is 274 g/mol. The molecule has 0 aliphatic rings. The third-order valence-electron chi connectivity index (χ3n) is 2.76. The molecule has 6 nitrogen and oxygen atoms in total. The minimum Gasteiger partial charge on any atom is -0.481 e. The summed E-state index contributed by atoms with van der Waals surface area (Å²) in [6.45, 7) is 10.6. The van der Waals surface area contributed by atoms with Crippen molar-refractivity contribution in [3.8, 4) is 0 Å². The molecule has 0 aromatic carbocycles. The lowest BCUT2D eigenvalue weighted by Crippen LogP contribution is -2.61. The second kappa shape index (κ2) is 6.23. The van der Waals surface area contributed by atoms with Crippen molar-refractivity contribution in [1.82, 2.24) is 5.32 Å². The van der Waals surface area contributed by atoms with E-state index < -0.39 is 29.2 Å². The molecule has 2 unspecified atom stereocenters. The van der Waals surface area contributed by atoms with Gasteiger partial charge in [0.15, 0.2) is 0 Å². The summed E-state index contributed by atoms with van der Waals surface area (Å²) in [7, 11) is 0. The first-order valence-corrected chi connectivity index (χ1v) is 6.36. The van der Waals surface area contributed by atoms with Crippen LogP contribution in [0.1, 0.15) is 48.0 Å². The highest BCUT2D eigenvalue weighted by Gasteiger charge is 2.38. The number of ether oxygens (including phenoxy) is 1. The minimum absolute atomic E-state index is 0.0271. The van der Waals surface area contributed by atoms with Gasteiger partial charge in [-0.05, 0) is 33.6 Å². The van der Waals surface area contributed by atoms with Crippen LogP contribution in [0.3, 0.4) is 0 Å². The predicted molar refractivity (Wildman–Crippen MR) is 72.8 cm³/mol. The van der Waals surface area contributed by atoms with Crippen LogP contribution in [0.2, 0.25) is 0 Å². The van der Waals surface area contributed by atoms with Crippen LogP contribution in [0.4, 0.5) is 4.79 Å². The summed E-state index contributed by atoms with van der Waals surface area (Å²) in [4.78, 5) is 22.8. The quantitative estimate of drug-likeness (QED) is 0.708. The van der Waals surface area contributed by atoms with E-state index in [9.17, 15) is 9.59 Å². The smallest absolute Gasteiger partial charge is 0.408 e. The van der Waals surface area contributed by atoms with Crippen molar-refractivity contribution in [1.29, 1.82) is 0 Å². The van der Waals surface area contributed by atoms with Gasteiger partial charge in [0.25, 0.3) is 0 Å². The Bertz CT molecular complexity index is 336. The molecule has 0 spiro atoms. The zero-order valence-corrected chi connectivity index (χ0v) is 12.6. The van der Waals surface area contributed by atoms with Gasteiger partial charge in [0.1, 0.15) is 5.60 Å². The monoisotopic (exact) mass is 274 g/mol. The molecule has 2 atom stereocenters. The first kappa shape index (κ1) is 17.7. The Morgan fingerprint density at radius 3 is 2.05 bits per heavy atom. The van der Waals surface area contributed by atoms with Crippen molar-refractivity contribution in [3.05, 3.63) is 0 Å². The SMILES string of the molecule is CC(C)C(N)C(C)(CC(=O)O)NC(=O)OC(C)(C)C. The third-order valence-corrected chi connectivity index (χ3v) is 2.76. The number of alkyl carbamates (subject to hydrolysis) is 1. The van der Waals surface area contributed by atoms with Gasteiger partial charge in [-0.15, -0.1) is 0 Å². The highest BCUT2D eigenvalue weighted by Crippen LogP contribution is 2.20. The average Bonchev–Trinajstić information content (AvgIpc) is 2.10. The zero-order valence-electron chi connectivity index (χ0n) is 12.6. The molecule has 0 rings (SSSR count). The second-order valence-corrected chi connectivity index (χ2v) is 6.38. The summed E-state index contributed by atoms with van der Waals surface area (Å²) in [5.74, 6) is -0.992. The van der Waals surface area contributed by atoms with Crippen molar-refractivity contribution in [2.24, 2.45) is 11.7 Å². The van der Waals surface area contributed by atoms with Crippen LogP contribution in [-0.2, 0) is 9.53 Å². The number of hydrogen-bond acceptors (Lipinski definition) is 4. The van der Waals surface area contributed by atoms with E-state index in [4.69, 9.17) is 15.6 Å². The van der Waals surface area contributed by atoms with E-state index >= 15 is 0 Å². The Morgan fingerprint density at radius 2 is 1.74 bits per heavy atom. The van der Waals surface area contributed by atoms with Crippen LogP contribution in [0.15, 0.2) is 0 Å². The highest BCUT2D eigenvalue weighted by molar-refractivity contribution is 5.73. The molecule has 0 aromatic rings. The van der Waals surface area contributed by atoms with Gasteiger partial charge in [-0.3, -0.25) is 4.79 Å². The van der Waals surface area contributed by atoms with Gasteiger partial charge in [0, 0.05) is 6.04 Å². The lowest BCUT2D eigenvalue weighted by atomic mass is 9.82. The Kier molecular flexibility index (Phi) is 5.81. The van der Waals surface area contributed by atoms with Gasteiger partial charge in [-0.25, -0.2) is 4.79 Å². The Morgan fingerprint density at radius 1 is 1.26 bits per heavy atom. The lowest BCUT2D eigenvalue weighted by Gasteiger charge is -2.37. The van der Waals surface area contributed by atoms with Crippen LogP contribution in [-0.4, -0.2) is 34.4 Å². The summed E-state index contributed by atoms with van der Waals surface area (Å²) in [6, 6.07) is -0.490. The molecule has 6 heteroatoms. The maximum atomic E-state index is 11.8. The maximum absolute atomic E-state index is 11.8. The molecular weight excluding hydrogens is 248 g/mol. The number of hydrogen-bond donors (Lipinski definition) is 3. The number of nitrogens with two attached hydrogens (primary N) is 1. The number of amides is 1. The molecule has 0 saturated heterocycles. The van der Waals surface area contributed by atoms with Crippen LogP contribution in [0, 0.1) is 5.92 Å². The van der Waals surface area contributed by atoms with Gasteiger partial charge in [0.2, 0.25) is 0 Å². The fourth-order valence-electron chi connectivity index (χ4n) is 1.83. The number of aliphatic carboxylic acids is 1. The van der Waals surface area contributed by atoms with E-state index in [1.807, 2.05) is 13.8 Å². The summed E-state index contributed by atoms with van der Waals surface area (Å²) < 4.78 is 5.15. The fourth-order valence-corrected chi connectivity index (χ4v) is 1.83. The number of nitrogens with one attached hydrogen (secondary N) is 1. The predicted octanol–water partition coefficient (Wildman–Crippen LogP) is 1.73. The Hall–Kier alpha value is -1.30. The molecule has 19 heavy (non-hydrogen) atoms. The molecule has 0 saturated carbocycles. The van der Waals surface area contributed by atoms with Gasteiger partial charge < -0.3 is 20.9 Å². The summed E-state index contributed by atoms with van der Waals surface area (Å²) in [5.41, 5.74) is 4.33. The third kappa shape index (κ3) is 6.42. The highest BCUT2D eigenvalue weighted by atomic mass is 16.6. The first-order chi connectivity index (χ1) is 8.37. The van der Waals surface area contributed by atoms with Crippen molar-refractivity contribution in [2.75, 3.05) is 0 Å². The summed E-state index contributed by atoms with van der Waals surface area (Å²) >= 11 is 0. The number of carboxylic acids is 1. The van der Waals surface area contributed by atoms with Crippen LogP contribution < -0.4 is 11.1 Å². The number of carboxylic acid groups (broad SMARTS) is 1. The van der Waals surface area contributed by atoms with E-state index in [2.05, 4.69) is 5.32 Å². The molecule has 0 aliphatic carbocycles. The number of rotatable bonds is 5. The van der Waals surface area contributed by atoms with E-state index in [0.717, 1.165) is 0 Å². The lowest BCUT2D eigenvalue weighted by molar-refractivity contribution is -0.138. The molecule has 0 bridgehead atoms. The van der Waals surface area contributed by atoms with E-state index in [1.165, 1.54) is 0 Å². The van der Waals surface area contributed by atoms with E-state index in [1.54, 1.807) is 27.7 Å². The molecule has 0 aromatic heterocycles. The summed E-state index contributed by atoms with van der Waals surface area (Å²) in [6.07, 6.45) is -0.918. The van der Waals surface area contributed by atoms with Crippen LogP contribution >= 0.6 is 0 Å². The van der Waals surface area contributed by atoms with E-state index in [0.29, 0.717) is 0 Å². The van der Waals surface area contributed by atoms with Gasteiger partial charge >= 0.3 is 12.1 Å². The Balaban J connectivity index is 4.96. The standard InChI is InChI=1S/C13H26N2O4/c1-8(2)10(14)13(6,7-9(16)17)15-11(18)19-12(3,4)5/h8,10H,7,14H2,1-6H3,(H,15,18)(H,16,17). The van der Waals surface area contributed by atoms with Crippen molar-refractivity contribution in [3.63, 3.8) is 0 Å². The largest absolute Gasteiger partial charge is 0.481 e. The van der Waals surface area contributed by atoms with Crippen LogP contribution in [0.5, 0.6) is 0 Å². The number of carbonyl (C=O) groups excluding carboxylic acids is 1. The van der Waals surface area contributed by atoms with E-state index in [-0.39, 0.29) is 12.3 Å². The molecule has 112 valence electrons. The fraction of sp³-hybridized carbons (Fsp3) is 0.846. The van der Waals surface area contributed by atoms with Gasteiger partial charge in [-0.2, -0.15) is 0 Å². The van der Waals surface area contributed by atoms with Gasteiger partial charge in [-0.1, -0.05) is 13.8 Å². The van der Waals surface area contributed by atoms with Gasteiger partial charge in [0.05, 0.1) is 12.0 Å². The molecule has 0 radical (unpaired) electrons. The normalized spacial score (nSPS) is 16.6. The van der Waals surface area contributed by atoms with Crippen molar-refractivity contribution >= 4 is 12.1 Å². The molecule has 0 heterocycles. The number of carbonyl (C=O) groups is 2. The maximum Gasteiger partial charge on any atom is 0.408 e. The Labute approximate surface area is 114 Å². The second-order valence-electron chi connectivity index (χ2n) is 6.38. The van der Waals surface area contributed by atoms with Crippen LogP contribution in [0.25, 0.3) is 0 Å². The summed E-state index contributed by atoms with van der Waals surface area (Å²) in [5, 5.41) is 11.6. The molecular formula is C13H26N2O4. The zero-order chi connectivity index (χ0) is 15.4. The van der Waals surface area contributed by atoms with Crippen molar-refractivity contribution < 1.29 is 19.4 Å². The van der Waals surface area contributed by atoms with Crippen molar-refractivity contribution in [2.45, 2.75) is 65.1 Å². The molecule has 1 amide bonds. The molecule has 0 aliphatic heterocycles.